The lowest BCUT2D eigenvalue weighted by Crippen LogP contribution is -2.08. The van der Waals surface area contributed by atoms with Crippen molar-refractivity contribution in [3.63, 3.8) is 0 Å². The highest BCUT2D eigenvalue weighted by molar-refractivity contribution is 6.44. The molecule has 2 aromatic rings. The van der Waals surface area contributed by atoms with Crippen LogP contribution in [0.15, 0.2) is 54.6 Å². The number of hydrogen-bond acceptors (Lipinski definition) is 2. The number of carbonyl (C=O) groups is 1. The summed E-state index contributed by atoms with van der Waals surface area (Å²) in [5.74, 6) is -0.224. The maximum Gasteiger partial charge on any atom is 0.206 e. The molecule has 0 bridgehead atoms. The summed E-state index contributed by atoms with van der Waals surface area (Å²) in [6.45, 7) is 1.51. The first kappa shape index (κ1) is 13.0. The minimum absolute atomic E-state index is 0.0626. The second kappa shape index (κ2) is 5.91. The largest absolute Gasteiger partial charge is 0.302 e. The summed E-state index contributed by atoms with van der Waals surface area (Å²) in [4.78, 5) is 11.6. The summed E-state index contributed by atoms with van der Waals surface area (Å²) in [6, 6.07) is 17.3. The van der Waals surface area contributed by atoms with Gasteiger partial charge in [-0.3, -0.25) is 4.79 Å². The zero-order chi connectivity index (χ0) is 13.7. The number of rotatable bonds is 4. The molecule has 94 valence electrons. The van der Waals surface area contributed by atoms with Gasteiger partial charge in [0.1, 0.15) is 0 Å². The van der Waals surface area contributed by atoms with Crippen LogP contribution >= 0.6 is 0 Å². The van der Waals surface area contributed by atoms with E-state index in [1.807, 2.05) is 54.6 Å². The lowest BCUT2D eigenvalue weighted by atomic mass is 10.0. The Balaban J connectivity index is 2.13. The average molecular weight is 249 g/mol. The fraction of sp³-hybridized carbons (Fsp3) is 0.0588. The third-order valence-corrected chi connectivity index (χ3v) is 2.78. The van der Waals surface area contributed by atoms with E-state index in [0.717, 1.165) is 11.1 Å². The summed E-state index contributed by atoms with van der Waals surface area (Å²) in [5, 5.41) is 7.32. The molecular weight excluding hydrogens is 234 g/mol. The van der Waals surface area contributed by atoms with Crippen molar-refractivity contribution in [1.29, 1.82) is 5.41 Å². The molecule has 19 heavy (non-hydrogen) atoms. The van der Waals surface area contributed by atoms with Gasteiger partial charge in [-0.1, -0.05) is 66.7 Å². The molecule has 0 spiro atoms. The molecule has 0 heterocycles. The summed E-state index contributed by atoms with van der Waals surface area (Å²) in [5.41, 5.74) is 2.79. The molecule has 0 fully saturated rings. The van der Waals surface area contributed by atoms with Crippen LogP contribution in [0.25, 0.3) is 12.2 Å². The summed E-state index contributed by atoms with van der Waals surface area (Å²) < 4.78 is 0. The van der Waals surface area contributed by atoms with Gasteiger partial charge in [-0.05, 0) is 18.1 Å². The Kier molecular flexibility index (Phi) is 4.04. The molecule has 2 nitrogen and oxygen atoms in total. The number of nitrogens with one attached hydrogen (secondary N) is 1. The highest BCUT2D eigenvalue weighted by atomic mass is 16.1. The zero-order valence-corrected chi connectivity index (χ0v) is 10.8. The molecule has 0 aliphatic rings. The molecule has 0 amide bonds. The number of carbonyl (C=O) groups excluding carboxylic acids is 1. The van der Waals surface area contributed by atoms with Crippen LogP contribution in [0.5, 0.6) is 0 Å². The fourth-order valence-corrected chi connectivity index (χ4v) is 1.72. The van der Waals surface area contributed by atoms with Crippen molar-refractivity contribution < 1.29 is 4.79 Å². The molecule has 0 radical (unpaired) electrons. The first-order chi connectivity index (χ1) is 9.16. The first-order valence-electron chi connectivity index (χ1n) is 6.10. The van der Waals surface area contributed by atoms with Crippen LogP contribution in [-0.4, -0.2) is 11.5 Å². The van der Waals surface area contributed by atoms with Gasteiger partial charge in [0.25, 0.3) is 0 Å². The predicted molar refractivity (Wildman–Crippen MR) is 79.5 cm³/mol. The van der Waals surface area contributed by atoms with Gasteiger partial charge in [-0.25, -0.2) is 0 Å². The summed E-state index contributed by atoms with van der Waals surface area (Å²) in [6.07, 6.45) is 4.03. The van der Waals surface area contributed by atoms with Crippen LogP contribution < -0.4 is 0 Å². The van der Waals surface area contributed by atoms with E-state index in [1.165, 1.54) is 6.92 Å². The average Bonchev–Trinajstić information content (AvgIpc) is 2.46. The van der Waals surface area contributed by atoms with E-state index in [-0.39, 0.29) is 11.5 Å². The summed E-state index contributed by atoms with van der Waals surface area (Å²) >= 11 is 0. The molecule has 0 aromatic heterocycles. The van der Waals surface area contributed by atoms with E-state index in [9.17, 15) is 4.79 Å². The van der Waals surface area contributed by atoms with Crippen molar-refractivity contribution in [2.45, 2.75) is 6.92 Å². The van der Waals surface area contributed by atoms with Gasteiger partial charge in [0.15, 0.2) is 0 Å². The number of Topliss-reactive ketones (excluding diaryl/α,β-unsaturated/α-hetero) is 1. The Hall–Kier alpha value is -2.48. The Bertz CT molecular complexity index is 609. The van der Waals surface area contributed by atoms with Crippen molar-refractivity contribution in [3.05, 3.63) is 71.3 Å². The van der Waals surface area contributed by atoms with E-state index in [0.29, 0.717) is 5.56 Å². The topological polar surface area (TPSA) is 40.9 Å². The Labute approximate surface area is 112 Å². The van der Waals surface area contributed by atoms with Gasteiger partial charge >= 0.3 is 0 Å². The molecular formula is C17H15NO. The standard InChI is InChI=1S/C17H15NO/c1-13(18)17(19)16-11-9-15(10-12-16)8-7-14-5-3-2-4-6-14/h2-12,18H,1H3/b8-7-,18-13?. The molecule has 0 aliphatic heterocycles. The Morgan fingerprint density at radius 2 is 1.42 bits per heavy atom. The number of benzene rings is 2. The third-order valence-electron chi connectivity index (χ3n) is 2.78. The zero-order valence-electron chi connectivity index (χ0n) is 10.8. The lowest BCUT2D eigenvalue weighted by molar-refractivity contribution is 0.106. The van der Waals surface area contributed by atoms with Gasteiger partial charge in [-0.15, -0.1) is 0 Å². The molecule has 0 unspecified atom stereocenters. The van der Waals surface area contributed by atoms with E-state index in [2.05, 4.69) is 0 Å². The monoisotopic (exact) mass is 249 g/mol. The molecule has 0 saturated carbocycles. The van der Waals surface area contributed by atoms with Crippen LogP contribution in [0.4, 0.5) is 0 Å². The van der Waals surface area contributed by atoms with Gasteiger partial charge in [-0.2, -0.15) is 0 Å². The van der Waals surface area contributed by atoms with Gasteiger partial charge in [0, 0.05) is 5.56 Å². The predicted octanol–water partition coefficient (Wildman–Crippen LogP) is 4.08. The maximum atomic E-state index is 11.6. The third kappa shape index (κ3) is 3.49. The van der Waals surface area contributed by atoms with Crippen molar-refractivity contribution in [1.82, 2.24) is 0 Å². The second-order valence-corrected chi connectivity index (χ2v) is 4.32. The molecule has 2 aromatic carbocycles. The van der Waals surface area contributed by atoms with Crippen molar-refractivity contribution in [2.75, 3.05) is 0 Å². The normalized spacial score (nSPS) is 10.6. The fourth-order valence-electron chi connectivity index (χ4n) is 1.72. The first-order valence-corrected chi connectivity index (χ1v) is 6.10. The van der Waals surface area contributed by atoms with E-state index in [1.54, 1.807) is 12.1 Å². The van der Waals surface area contributed by atoms with Crippen molar-refractivity contribution >= 4 is 23.6 Å². The molecule has 0 saturated heterocycles. The molecule has 2 heteroatoms. The molecule has 0 aliphatic carbocycles. The van der Waals surface area contributed by atoms with E-state index >= 15 is 0 Å². The smallest absolute Gasteiger partial charge is 0.206 e. The molecule has 1 N–H and O–H groups in total. The van der Waals surface area contributed by atoms with Gasteiger partial charge in [0.2, 0.25) is 5.78 Å². The quantitative estimate of drug-likeness (QED) is 0.495. The van der Waals surface area contributed by atoms with Gasteiger partial charge < -0.3 is 5.41 Å². The SMILES string of the molecule is CC(=N)C(=O)c1ccc(/C=C\c2ccccc2)cc1. The Morgan fingerprint density at radius 3 is 1.95 bits per heavy atom. The maximum absolute atomic E-state index is 11.6. The Morgan fingerprint density at radius 1 is 0.895 bits per heavy atom. The lowest BCUT2D eigenvalue weighted by Gasteiger charge is -1.99. The number of hydrogen-bond donors (Lipinski definition) is 1. The van der Waals surface area contributed by atoms with Crippen molar-refractivity contribution in [2.24, 2.45) is 0 Å². The minimum atomic E-state index is -0.224. The van der Waals surface area contributed by atoms with Crippen LogP contribution in [0, 0.1) is 5.41 Å². The molecule has 2 rings (SSSR count). The highest BCUT2D eigenvalue weighted by Crippen LogP contribution is 2.10. The molecule has 0 atom stereocenters. The highest BCUT2D eigenvalue weighted by Gasteiger charge is 2.06. The number of ketones is 1. The van der Waals surface area contributed by atoms with Gasteiger partial charge in [0.05, 0.1) is 5.71 Å². The second-order valence-electron chi connectivity index (χ2n) is 4.32. The van der Waals surface area contributed by atoms with E-state index in [4.69, 9.17) is 5.41 Å². The summed E-state index contributed by atoms with van der Waals surface area (Å²) in [7, 11) is 0. The van der Waals surface area contributed by atoms with Crippen LogP contribution in [0.1, 0.15) is 28.4 Å². The van der Waals surface area contributed by atoms with Crippen molar-refractivity contribution in [3.8, 4) is 0 Å². The van der Waals surface area contributed by atoms with Crippen LogP contribution in [-0.2, 0) is 0 Å². The van der Waals surface area contributed by atoms with E-state index < -0.39 is 0 Å². The van der Waals surface area contributed by atoms with Crippen LogP contribution in [0.3, 0.4) is 0 Å². The van der Waals surface area contributed by atoms with Crippen LogP contribution in [0.2, 0.25) is 0 Å². The minimum Gasteiger partial charge on any atom is -0.302 e.